The summed E-state index contributed by atoms with van der Waals surface area (Å²) in [5.41, 5.74) is 2.15. The number of hydrogen-bond acceptors (Lipinski definition) is 3. The first-order valence-electron chi connectivity index (χ1n) is 2.14. The van der Waals surface area contributed by atoms with Crippen LogP contribution in [-0.2, 0) is 0 Å². The largest absolute Gasteiger partial charge is 0.353 e. The predicted octanol–water partition coefficient (Wildman–Crippen LogP) is -1.27. The Hall–Kier alpha value is -0.770. The van der Waals surface area contributed by atoms with Crippen LogP contribution in [-0.4, -0.2) is 19.0 Å². The second kappa shape index (κ2) is 1.79. The van der Waals surface area contributed by atoms with E-state index in [9.17, 15) is 0 Å². The van der Waals surface area contributed by atoms with Crippen LogP contribution in [0.3, 0.4) is 0 Å². The summed E-state index contributed by atoms with van der Waals surface area (Å²) in [6.07, 6.45) is 0. The standard InChI is InChI=1S/C3H7N4/c4-7-3-5-1-2-6-3/h4H,1-2H2,(H2,5,6,7). The fourth-order valence-electron chi connectivity index (χ4n) is 0.482. The van der Waals surface area contributed by atoms with Crippen molar-refractivity contribution in [1.82, 2.24) is 16.6 Å². The molecular formula is C3H7N4. The molecule has 0 fully saturated rings. The van der Waals surface area contributed by atoms with Crippen LogP contribution in [0, 0.1) is 0 Å². The lowest BCUT2D eigenvalue weighted by molar-refractivity contribution is 0.899. The molecule has 1 aliphatic heterocycles. The molecule has 0 aromatic heterocycles. The van der Waals surface area contributed by atoms with E-state index in [1.54, 1.807) is 0 Å². The molecule has 7 heavy (non-hydrogen) atoms. The molecule has 0 spiro atoms. The average molecular weight is 99.1 g/mol. The van der Waals surface area contributed by atoms with Gasteiger partial charge in [0.2, 0.25) is 5.96 Å². The third-order valence-electron chi connectivity index (χ3n) is 0.793. The minimum atomic E-state index is 0.583. The van der Waals surface area contributed by atoms with Crippen molar-refractivity contribution in [3.63, 3.8) is 0 Å². The Morgan fingerprint density at radius 2 is 2.71 bits per heavy atom. The van der Waals surface area contributed by atoms with E-state index < -0.39 is 0 Å². The number of nitrogens with zero attached hydrogens (tertiary/aromatic N) is 1. The SMILES string of the molecule is [NH]NC1=NCCN1. The highest BCUT2D eigenvalue weighted by Gasteiger charge is 1.98. The molecule has 0 bridgehead atoms. The van der Waals surface area contributed by atoms with Crippen LogP contribution < -0.4 is 16.6 Å². The molecule has 0 atom stereocenters. The van der Waals surface area contributed by atoms with E-state index in [1.807, 2.05) is 0 Å². The third kappa shape index (κ3) is 0.806. The van der Waals surface area contributed by atoms with Crippen molar-refractivity contribution in [2.75, 3.05) is 13.1 Å². The first-order valence-corrected chi connectivity index (χ1v) is 2.14. The summed E-state index contributed by atoms with van der Waals surface area (Å²) < 4.78 is 0. The van der Waals surface area contributed by atoms with Gasteiger partial charge in [-0.3, -0.25) is 10.4 Å². The molecule has 1 heterocycles. The monoisotopic (exact) mass is 99.1 g/mol. The van der Waals surface area contributed by atoms with Crippen molar-refractivity contribution in [1.29, 1.82) is 0 Å². The maximum atomic E-state index is 6.56. The maximum absolute atomic E-state index is 6.56. The molecule has 4 heteroatoms. The van der Waals surface area contributed by atoms with Gasteiger partial charge in [-0.15, -0.1) is 0 Å². The van der Waals surface area contributed by atoms with E-state index in [4.69, 9.17) is 5.84 Å². The molecule has 0 saturated carbocycles. The summed E-state index contributed by atoms with van der Waals surface area (Å²) in [5.74, 6) is 7.14. The zero-order valence-electron chi connectivity index (χ0n) is 3.86. The summed E-state index contributed by atoms with van der Waals surface area (Å²) in [4.78, 5) is 3.86. The number of rotatable bonds is 0. The lowest BCUT2D eigenvalue weighted by atomic mass is 10.7. The predicted molar refractivity (Wildman–Crippen MR) is 26.5 cm³/mol. The summed E-state index contributed by atoms with van der Waals surface area (Å²) in [6.45, 7) is 1.66. The molecule has 0 aromatic carbocycles. The number of guanidine groups is 1. The third-order valence-corrected chi connectivity index (χ3v) is 0.793. The molecule has 0 unspecified atom stereocenters. The van der Waals surface area contributed by atoms with Gasteiger partial charge < -0.3 is 5.32 Å². The van der Waals surface area contributed by atoms with E-state index in [0.29, 0.717) is 5.96 Å². The molecule has 1 aliphatic rings. The van der Waals surface area contributed by atoms with Crippen LogP contribution in [0.4, 0.5) is 0 Å². The molecule has 0 amide bonds. The van der Waals surface area contributed by atoms with Crippen molar-refractivity contribution < 1.29 is 0 Å². The fraction of sp³-hybridized carbons (Fsp3) is 0.667. The summed E-state index contributed by atoms with van der Waals surface area (Å²) in [7, 11) is 0. The Kier molecular flexibility index (Phi) is 1.12. The maximum Gasteiger partial charge on any atom is 0.207 e. The molecule has 1 rings (SSSR count). The Morgan fingerprint density at radius 3 is 3.00 bits per heavy atom. The van der Waals surface area contributed by atoms with E-state index >= 15 is 0 Å². The Balaban J connectivity index is 2.36. The van der Waals surface area contributed by atoms with Gasteiger partial charge in [-0.25, -0.2) is 0 Å². The van der Waals surface area contributed by atoms with E-state index in [-0.39, 0.29) is 0 Å². The highest BCUT2D eigenvalue weighted by atomic mass is 15.3. The molecule has 0 aromatic rings. The van der Waals surface area contributed by atoms with Gasteiger partial charge in [0.15, 0.2) is 0 Å². The Labute approximate surface area is 41.8 Å². The smallest absolute Gasteiger partial charge is 0.207 e. The average Bonchev–Trinajstić information content (AvgIpc) is 2.14. The van der Waals surface area contributed by atoms with Crippen LogP contribution in [0.2, 0.25) is 0 Å². The van der Waals surface area contributed by atoms with Gasteiger partial charge in [0.25, 0.3) is 0 Å². The van der Waals surface area contributed by atoms with Crippen molar-refractivity contribution in [2.24, 2.45) is 4.99 Å². The van der Waals surface area contributed by atoms with E-state index in [1.165, 1.54) is 0 Å². The number of nitrogens with one attached hydrogen (secondary N) is 3. The lowest BCUT2D eigenvalue weighted by Gasteiger charge is -1.93. The van der Waals surface area contributed by atoms with Gasteiger partial charge in [0, 0.05) is 6.54 Å². The number of hydrogen-bond donors (Lipinski definition) is 2. The quantitative estimate of drug-likeness (QED) is 0.372. The Bertz CT molecular complexity index is 86.9. The molecule has 39 valence electrons. The highest BCUT2D eigenvalue weighted by molar-refractivity contribution is 5.80. The van der Waals surface area contributed by atoms with Gasteiger partial charge >= 0.3 is 0 Å². The van der Waals surface area contributed by atoms with Crippen molar-refractivity contribution in [3.8, 4) is 0 Å². The van der Waals surface area contributed by atoms with Gasteiger partial charge in [0.1, 0.15) is 0 Å². The summed E-state index contributed by atoms with van der Waals surface area (Å²) in [6, 6.07) is 0. The van der Waals surface area contributed by atoms with Crippen molar-refractivity contribution in [3.05, 3.63) is 0 Å². The molecule has 4 nitrogen and oxygen atoms in total. The minimum Gasteiger partial charge on any atom is -0.353 e. The first-order chi connectivity index (χ1) is 3.43. The van der Waals surface area contributed by atoms with Crippen LogP contribution in [0.15, 0.2) is 4.99 Å². The molecule has 0 saturated heterocycles. The van der Waals surface area contributed by atoms with Gasteiger partial charge in [-0.2, -0.15) is 5.84 Å². The van der Waals surface area contributed by atoms with Gasteiger partial charge in [0.05, 0.1) is 6.54 Å². The minimum absolute atomic E-state index is 0.583. The zero-order valence-corrected chi connectivity index (χ0v) is 3.86. The van der Waals surface area contributed by atoms with Crippen molar-refractivity contribution in [2.45, 2.75) is 0 Å². The normalized spacial score (nSPS) is 18.1. The topological polar surface area (TPSA) is 60.2 Å². The molecule has 3 N–H and O–H groups in total. The van der Waals surface area contributed by atoms with Gasteiger partial charge in [-0.05, 0) is 0 Å². The Morgan fingerprint density at radius 1 is 1.86 bits per heavy atom. The summed E-state index contributed by atoms with van der Waals surface area (Å²) in [5, 5.41) is 2.86. The molecule has 0 aliphatic carbocycles. The van der Waals surface area contributed by atoms with Crippen molar-refractivity contribution >= 4 is 5.96 Å². The molecular weight excluding hydrogens is 92.1 g/mol. The van der Waals surface area contributed by atoms with E-state index in [0.717, 1.165) is 13.1 Å². The second-order valence-corrected chi connectivity index (χ2v) is 1.28. The zero-order chi connectivity index (χ0) is 5.11. The fourth-order valence-corrected chi connectivity index (χ4v) is 0.482. The van der Waals surface area contributed by atoms with Crippen LogP contribution in [0.1, 0.15) is 0 Å². The second-order valence-electron chi connectivity index (χ2n) is 1.28. The number of aliphatic imine (C=N–C) groups is 1. The molecule has 1 radical (unpaired) electrons. The van der Waals surface area contributed by atoms with E-state index in [2.05, 4.69) is 15.7 Å². The summed E-state index contributed by atoms with van der Waals surface area (Å²) >= 11 is 0. The first kappa shape index (κ1) is 4.39. The highest BCUT2D eigenvalue weighted by Crippen LogP contribution is 1.77. The van der Waals surface area contributed by atoms with Crippen LogP contribution >= 0.6 is 0 Å². The van der Waals surface area contributed by atoms with Crippen LogP contribution in [0.5, 0.6) is 0 Å². The van der Waals surface area contributed by atoms with Gasteiger partial charge in [-0.1, -0.05) is 0 Å². The van der Waals surface area contributed by atoms with Crippen LogP contribution in [0.25, 0.3) is 0 Å². The lowest BCUT2D eigenvalue weighted by Crippen LogP contribution is -2.32.